The van der Waals surface area contributed by atoms with E-state index in [-0.39, 0.29) is 5.95 Å². The second-order valence-corrected chi connectivity index (χ2v) is 2.79. The first-order valence-electron chi connectivity index (χ1n) is 4.07. The molecule has 70 valence electrons. The molecule has 0 saturated carbocycles. The van der Waals surface area contributed by atoms with E-state index in [0.29, 0.717) is 11.4 Å². The monoisotopic (exact) mass is 187 g/mol. The van der Waals surface area contributed by atoms with E-state index in [1.807, 2.05) is 18.2 Å². The Hall–Kier alpha value is -2.17. The van der Waals surface area contributed by atoms with Gasteiger partial charge >= 0.3 is 0 Å². The van der Waals surface area contributed by atoms with Gasteiger partial charge in [0.25, 0.3) is 0 Å². The SMILES string of the molecule is Nc1nncc(-c2ccccc2N)n1. The van der Waals surface area contributed by atoms with Crippen LogP contribution in [0.4, 0.5) is 11.6 Å². The standard InChI is InChI=1S/C9H9N5/c10-7-4-2-1-3-6(7)8-5-12-14-9(11)13-8/h1-5H,10H2,(H2,11,13,14). The van der Waals surface area contributed by atoms with Crippen LogP contribution < -0.4 is 11.5 Å². The molecule has 0 bridgehead atoms. The fourth-order valence-electron chi connectivity index (χ4n) is 1.18. The van der Waals surface area contributed by atoms with Gasteiger partial charge in [-0.1, -0.05) is 18.2 Å². The second-order valence-electron chi connectivity index (χ2n) is 2.79. The molecule has 4 N–H and O–H groups in total. The van der Waals surface area contributed by atoms with Crippen LogP contribution in [-0.2, 0) is 0 Å². The molecule has 2 aromatic rings. The summed E-state index contributed by atoms with van der Waals surface area (Å²) in [6.45, 7) is 0. The van der Waals surface area contributed by atoms with Crippen LogP contribution >= 0.6 is 0 Å². The highest BCUT2D eigenvalue weighted by Gasteiger charge is 2.03. The lowest BCUT2D eigenvalue weighted by molar-refractivity contribution is 0.990. The highest BCUT2D eigenvalue weighted by atomic mass is 15.2. The zero-order chi connectivity index (χ0) is 9.97. The number of nitrogens with two attached hydrogens (primary N) is 2. The highest BCUT2D eigenvalue weighted by Crippen LogP contribution is 2.22. The third kappa shape index (κ3) is 1.47. The van der Waals surface area contributed by atoms with Crippen molar-refractivity contribution in [3.8, 4) is 11.3 Å². The van der Waals surface area contributed by atoms with Crippen molar-refractivity contribution in [1.29, 1.82) is 0 Å². The lowest BCUT2D eigenvalue weighted by Gasteiger charge is -2.03. The summed E-state index contributed by atoms with van der Waals surface area (Å²) in [5.41, 5.74) is 13.3. The van der Waals surface area contributed by atoms with Gasteiger partial charge in [0, 0.05) is 11.3 Å². The summed E-state index contributed by atoms with van der Waals surface area (Å²) in [5.74, 6) is 0.144. The van der Waals surface area contributed by atoms with Gasteiger partial charge in [0.15, 0.2) is 0 Å². The van der Waals surface area contributed by atoms with E-state index in [2.05, 4.69) is 15.2 Å². The topological polar surface area (TPSA) is 90.7 Å². The van der Waals surface area contributed by atoms with Gasteiger partial charge in [-0.2, -0.15) is 5.10 Å². The molecule has 0 saturated heterocycles. The van der Waals surface area contributed by atoms with E-state index in [4.69, 9.17) is 11.5 Å². The zero-order valence-corrected chi connectivity index (χ0v) is 7.38. The Morgan fingerprint density at radius 2 is 1.86 bits per heavy atom. The summed E-state index contributed by atoms with van der Waals surface area (Å²) in [6.07, 6.45) is 1.53. The molecule has 1 heterocycles. The molecule has 0 atom stereocenters. The molecule has 0 amide bonds. The number of aromatic nitrogens is 3. The normalized spacial score (nSPS) is 10.0. The number of hydrogen-bond donors (Lipinski definition) is 2. The molecule has 0 spiro atoms. The molecule has 5 nitrogen and oxygen atoms in total. The molecule has 2 rings (SSSR count). The average molecular weight is 187 g/mol. The Labute approximate surface area is 80.8 Å². The molecule has 0 fully saturated rings. The first-order chi connectivity index (χ1) is 6.77. The highest BCUT2D eigenvalue weighted by molar-refractivity contribution is 5.73. The molecule has 0 aliphatic heterocycles. The summed E-state index contributed by atoms with van der Waals surface area (Å²) in [7, 11) is 0. The third-order valence-electron chi connectivity index (χ3n) is 1.81. The molecule has 0 radical (unpaired) electrons. The Kier molecular flexibility index (Phi) is 1.98. The third-order valence-corrected chi connectivity index (χ3v) is 1.81. The number of anilines is 2. The Bertz CT molecular complexity index is 454. The molecular weight excluding hydrogens is 178 g/mol. The zero-order valence-electron chi connectivity index (χ0n) is 7.38. The van der Waals surface area contributed by atoms with Gasteiger partial charge < -0.3 is 11.5 Å². The van der Waals surface area contributed by atoms with E-state index in [0.717, 1.165) is 5.56 Å². The summed E-state index contributed by atoms with van der Waals surface area (Å²) >= 11 is 0. The number of nitrogen functional groups attached to an aromatic ring is 2. The van der Waals surface area contributed by atoms with Crippen LogP contribution in [0.25, 0.3) is 11.3 Å². The largest absolute Gasteiger partial charge is 0.398 e. The fourth-order valence-corrected chi connectivity index (χ4v) is 1.18. The molecule has 0 unspecified atom stereocenters. The van der Waals surface area contributed by atoms with Crippen molar-refractivity contribution in [3.63, 3.8) is 0 Å². The number of hydrogen-bond acceptors (Lipinski definition) is 5. The fraction of sp³-hybridized carbons (Fsp3) is 0. The number of nitrogens with zero attached hydrogens (tertiary/aromatic N) is 3. The molecule has 1 aromatic heterocycles. The Balaban J connectivity index is 2.55. The lowest BCUT2D eigenvalue weighted by Crippen LogP contribution is -1.99. The predicted molar refractivity (Wildman–Crippen MR) is 54.1 cm³/mol. The minimum absolute atomic E-state index is 0.144. The van der Waals surface area contributed by atoms with Crippen molar-refractivity contribution in [2.45, 2.75) is 0 Å². The van der Waals surface area contributed by atoms with Crippen LogP contribution in [0, 0.1) is 0 Å². The smallest absolute Gasteiger partial charge is 0.240 e. The van der Waals surface area contributed by atoms with Crippen LogP contribution in [-0.4, -0.2) is 15.2 Å². The van der Waals surface area contributed by atoms with Gasteiger partial charge in [-0.15, -0.1) is 5.10 Å². The molecule has 0 aliphatic carbocycles. The van der Waals surface area contributed by atoms with Gasteiger partial charge in [-0.3, -0.25) is 0 Å². The lowest BCUT2D eigenvalue weighted by atomic mass is 10.1. The summed E-state index contributed by atoms with van der Waals surface area (Å²) in [4.78, 5) is 4.03. The molecule has 1 aromatic carbocycles. The van der Waals surface area contributed by atoms with Gasteiger partial charge in [-0.05, 0) is 6.07 Å². The van der Waals surface area contributed by atoms with Crippen molar-refractivity contribution < 1.29 is 0 Å². The molecule has 14 heavy (non-hydrogen) atoms. The van der Waals surface area contributed by atoms with Gasteiger partial charge in [0.1, 0.15) is 0 Å². The Morgan fingerprint density at radius 1 is 1.07 bits per heavy atom. The summed E-state index contributed by atoms with van der Waals surface area (Å²) in [6, 6.07) is 7.40. The summed E-state index contributed by atoms with van der Waals surface area (Å²) in [5, 5.41) is 7.28. The minimum atomic E-state index is 0.144. The maximum Gasteiger partial charge on any atom is 0.240 e. The molecular formula is C9H9N5. The molecule has 5 heteroatoms. The minimum Gasteiger partial charge on any atom is -0.398 e. The van der Waals surface area contributed by atoms with Crippen LogP contribution in [0.3, 0.4) is 0 Å². The van der Waals surface area contributed by atoms with Crippen LogP contribution in [0.15, 0.2) is 30.5 Å². The second kappa shape index (κ2) is 3.29. The predicted octanol–water partition coefficient (Wildman–Crippen LogP) is 0.703. The average Bonchev–Trinajstić information content (AvgIpc) is 2.18. The van der Waals surface area contributed by atoms with Crippen molar-refractivity contribution in [2.24, 2.45) is 0 Å². The number of rotatable bonds is 1. The quantitative estimate of drug-likeness (QED) is 0.641. The van der Waals surface area contributed by atoms with Crippen molar-refractivity contribution in [3.05, 3.63) is 30.5 Å². The van der Waals surface area contributed by atoms with Gasteiger partial charge in [0.05, 0.1) is 11.9 Å². The maximum absolute atomic E-state index is 5.77. The van der Waals surface area contributed by atoms with Crippen molar-refractivity contribution in [1.82, 2.24) is 15.2 Å². The van der Waals surface area contributed by atoms with E-state index in [1.54, 1.807) is 6.07 Å². The van der Waals surface area contributed by atoms with E-state index >= 15 is 0 Å². The van der Waals surface area contributed by atoms with Crippen molar-refractivity contribution in [2.75, 3.05) is 11.5 Å². The number of para-hydroxylation sites is 1. The van der Waals surface area contributed by atoms with Crippen molar-refractivity contribution >= 4 is 11.6 Å². The first-order valence-corrected chi connectivity index (χ1v) is 4.07. The van der Waals surface area contributed by atoms with E-state index in [9.17, 15) is 0 Å². The maximum atomic E-state index is 5.77. The van der Waals surface area contributed by atoms with Crippen LogP contribution in [0.2, 0.25) is 0 Å². The number of benzene rings is 1. The molecule has 0 aliphatic rings. The van der Waals surface area contributed by atoms with Crippen LogP contribution in [0.1, 0.15) is 0 Å². The van der Waals surface area contributed by atoms with Gasteiger partial charge in [-0.25, -0.2) is 4.98 Å². The van der Waals surface area contributed by atoms with E-state index in [1.165, 1.54) is 6.20 Å². The van der Waals surface area contributed by atoms with Crippen LogP contribution in [0.5, 0.6) is 0 Å². The van der Waals surface area contributed by atoms with Gasteiger partial charge in [0.2, 0.25) is 5.95 Å². The Morgan fingerprint density at radius 3 is 2.57 bits per heavy atom. The first kappa shape index (κ1) is 8.43. The summed E-state index contributed by atoms with van der Waals surface area (Å²) < 4.78 is 0. The van der Waals surface area contributed by atoms with E-state index < -0.39 is 0 Å².